The number of hydrogen-bond donors (Lipinski definition) is 4. The Hall–Kier alpha value is -4.16. The molecule has 5 rings (SSSR count). The largest absolute Gasteiger partial charge is 0.446 e. The number of ether oxygens (including phenoxy) is 1. The number of alkyl halides is 3. The molecule has 0 spiro atoms. The lowest BCUT2D eigenvalue weighted by atomic mass is 10.0. The van der Waals surface area contributed by atoms with Crippen LogP contribution in [0.2, 0.25) is 0 Å². The van der Waals surface area contributed by atoms with E-state index in [1.54, 1.807) is 12.1 Å². The topological polar surface area (TPSA) is 134 Å². The standard InChI is InChI=1S/C24H24F3N7O3/c25-24(26,27)19-10-13(4-7-28-19)15-9-18-22(35)29-5-1-6-30-23(36)37-16-3-2-14(8-16)17-12-21(34-33-17)32-20(11-15)31-18/h4,7,9-12,14,16H,1-3,5-6,8H2,(H,29,35)(H,30,36)(H2,31,32,33,34)/t14-,16+/m0/s1. The molecular weight excluding hydrogens is 491 g/mol. The van der Waals surface area contributed by atoms with E-state index in [4.69, 9.17) is 4.74 Å². The number of nitrogens with zero attached hydrogens (tertiary/aromatic N) is 3. The van der Waals surface area contributed by atoms with Crippen LogP contribution in [-0.4, -0.2) is 51.4 Å². The fraction of sp³-hybridized carbons (Fsp3) is 0.375. The highest BCUT2D eigenvalue weighted by Crippen LogP contribution is 2.36. The van der Waals surface area contributed by atoms with Crippen molar-refractivity contribution in [3.8, 4) is 11.1 Å². The average molecular weight is 515 g/mol. The van der Waals surface area contributed by atoms with Gasteiger partial charge in [0.15, 0.2) is 5.82 Å². The molecular formula is C24H24F3N7O3. The van der Waals surface area contributed by atoms with Crippen LogP contribution in [0.25, 0.3) is 11.1 Å². The maximum atomic E-state index is 13.2. The van der Waals surface area contributed by atoms with Gasteiger partial charge in [0.25, 0.3) is 5.91 Å². The van der Waals surface area contributed by atoms with Crippen LogP contribution in [-0.2, 0) is 10.9 Å². The minimum atomic E-state index is -4.61. The number of nitrogens with one attached hydrogen (secondary N) is 4. The molecule has 2 amide bonds. The van der Waals surface area contributed by atoms with Crippen molar-refractivity contribution < 1.29 is 27.5 Å². The number of alkyl carbamates (subject to hydrolysis) is 1. The predicted molar refractivity (Wildman–Crippen MR) is 126 cm³/mol. The quantitative estimate of drug-likeness (QED) is 0.383. The molecule has 3 aromatic rings. The zero-order chi connectivity index (χ0) is 26.0. The van der Waals surface area contributed by atoms with Gasteiger partial charge in [-0.2, -0.15) is 18.3 Å². The van der Waals surface area contributed by atoms with E-state index >= 15 is 0 Å². The number of hydrogen-bond acceptors (Lipinski definition) is 7. The van der Waals surface area contributed by atoms with Gasteiger partial charge in [-0.25, -0.2) is 9.78 Å². The molecule has 1 saturated carbocycles. The SMILES string of the molecule is O=C1NCCCNC(=O)c2cc(-c3ccnc(C(F)(F)F)c3)cc(n2)Nc2cc([nH]n2)[C@H]2CC[C@H](C2)O1. The van der Waals surface area contributed by atoms with Gasteiger partial charge in [0, 0.05) is 37.0 Å². The molecule has 4 heterocycles. The number of fused-ring (bicyclic) bond motifs is 7. The Bertz CT molecular complexity index is 1310. The summed E-state index contributed by atoms with van der Waals surface area (Å²) in [5.74, 6) is 0.282. The van der Waals surface area contributed by atoms with Gasteiger partial charge in [0.1, 0.15) is 23.3 Å². The van der Waals surface area contributed by atoms with Crippen LogP contribution >= 0.6 is 0 Å². The number of rotatable bonds is 1. The molecule has 0 saturated heterocycles. The van der Waals surface area contributed by atoms with Crippen LogP contribution in [0.4, 0.5) is 29.6 Å². The smallest absolute Gasteiger partial charge is 0.433 e. The van der Waals surface area contributed by atoms with Crippen molar-refractivity contribution in [2.75, 3.05) is 18.4 Å². The Morgan fingerprint density at radius 2 is 1.81 bits per heavy atom. The fourth-order valence-corrected chi connectivity index (χ4v) is 4.48. The Labute approximate surface area is 209 Å². The molecule has 0 radical (unpaired) electrons. The average Bonchev–Trinajstić information content (AvgIpc) is 3.52. The molecule has 194 valence electrons. The number of H-pyrrole nitrogens is 1. The van der Waals surface area contributed by atoms with Gasteiger partial charge in [-0.3, -0.25) is 14.9 Å². The molecule has 3 aromatic heterocycles. The first-order valence-electron chi connectivity index (χ1n) is 11.9. The molecule has 0 aromatic carbocycles. The molecule has 1 fully saturated rings. The number of aromatic amines is 1. The van der Waals surface area contributed by atoms with Crippen LogP contribution in [0.15, 0.2) is 36.5 Å². The van der Waals surface area contributed by atoms with Gasteiger partial charge in [-0.1, -0.05) is 0 Å². The Balaban J connectivity index is 1.49. The first-order chi connectivity index (χ1) is 17.7. The zero-order valence-corrected chi connectivity index (χ0v) is 19.6. The number of amides is 2. The molecule has 1 aliphatic carbocycles. The van der Waals surface area contributed by atoms with E-state index in [0.717, 1.165) is 30.8 Å². The molecule has 0 unspecified atom stereocenters. The number of pyridine rings is 2. The molecule has 1 aliphatic heterocycles. The van der Waals surface area contributed by atoms with Crippen LogP contribution in [0, 0.1) is 0 Å². The van der Waals surface area contributed by atoms with E-state index in [1.165, 1.54) is 12.1 Å². The summed E-state index contributed by atoms with van der Waals surface area (Å²) in [5, 5.41) is 15.7. The minimum absolute atomic E-state index is 0.00764. The zero-order valence-electron chi connectivity index (χ0n) is 19.6. The summed E-state index contributed by atoms with van der Waals surface area (Å²) in [5.41, 5.74) is 0.401. The monoisotopic (exact) mass is 515 g/mol. The van der Waals surface area contributed by atoms with Gasteiger partial charge in [-0.15, -0.1) is 0 Å². The van der Waals surface area contributed by atoms with Crippen molar-refractivity contribution in [2.24, 2.45) is 0 Å². The number of aromatic nitrogens is 4. The van der Waals surface area contributed by atoms with Crippen LogP contribution < -0.4 is 16.0 Å². The molecule has 2 atom stereocenters. The van der Waals surface area contributed by atoms with E-state index in [2.05, 4.69) is 36.1 Å². The van der Waals surface area contributed by atoms with E-state index in [9.17, 15) is 22.8 Å². The lowest BCUT2D eigenvalue weighted by Crippen LogP contribution is -2.32. The fourth-order valence-electron chi connectivity index (χ4n) is 4.48. The number of halogens is 3. The molecule has 13 heteroatoms. The Morgan fingerprint density at radius 3 is 2.65 bits per heavy atom. The number of anilines is 2. The van der Waals surface area contributed by atoms with E-state index in [-0.39, 0.29) is 35.6 Å². The highest BCUT2D eigenvalue weighted by atomic mass is 19.4. The second kappa shape index (κ2) is 10.1. The third-order valence-electron chi connectivity index (χ3n) is 6.30. The molecule has 4 N–H and O–H groups in total. The van der Waals surface area contributed by atoms with Crippen molar-refractivity contribution in [3.63, 3.8) is 0 Å². The van der Waals surface area contributed by atoms with Crippen molar-refractivity contribution in [2.45, 2.75) is 43.9 Å². The predicted octanol–water partition coefficient (Wildman–Crippen LogP) is 4.12. The minimum Gasteiger partial charge on any atom is -0.446 e. The number of carbonyl (C=O) groups excluding carboxylic acids is 2. The summed E-state index contributed by atoms with van der Waals surface area (Å²) in [6, 6.07) is 7.13. The maximum Gasteiger partial charge on any atom is 0.433 e. The maximum absolute atomic E-state index is 13.2. The van der Waals surface area contributed by atoms with Crippen molar-refractivity contribution in [1.29, 1.82) is 0 Å². The molecule has 2 aliphatic rings. The van der Waals surface area contributed by atoms with E-state index in [0.29, 0.717) is 30.8 Å². The molecule has 37 heavy (non-hydrogen) atoms. The van der Waals surface area contributed by atoms with Crippen LogP contribution in [0.3, 0.4) is 0 Å². The summed E-state index contributed by atoms with van der Waals surface area (Å²) in [4.78, 5) is 32.7. The Morgan fingerprint density at radius 1 is 0.973 bits per heavy atom. The van der Waals surface area contributed by atoms with Crippen LogP contribution in [0.5, 0.6) is 0 Å². The molecule has 6 bridgehead atoms. The third-order valence-corrected chi connectivity index (χ3v) is 6.30. The third kappa shape index (κ3) is 5.81. The molecule has 10 nitrogen and oxygen atoms in total. The lowest BCUT2D eigenvalue weighted by Gasteiger charge is -2.14. The Kier molecular flexibility index (Phi) is 6.68. The first kappa shape index (κ1) is 24.5. The number of carbonyl (C=O) groups is 2. The summed E-state index contributed by atoms with van der Waals surface area (Å²) >= 11 is 0. The van der Waals surface area contributed by atoms with Crippen molar-refractivity contribution in [1.82, 2.24) is 30.8 Å². The highest BCUT2D eigenvalue weighted by molar-refractivity contribution is 5.94. The van der Waals surface area contributed by atoms with Gasteiger partial charge >= 0.3 is 12.3 Å². The normalized spacial score (nSPS) is 20.6. The second-order valence-corrected chi connectivity index (χ2v) is 8.96. The van der Waals surface area contributed by atoms with Crippen molar-refractivity contribution in [3.05, 3.63) is 53.6 Å². The van der Waals surface area contributed by atoms with Crippen molar-refractivity contribution >= 4 is 23.6 Å². The van der Waals surface area contributed by atoms with Crippen LogP contribution in [0.1, 0.15) is 53.5 Å². The summed E-state index contributed by atoms with van der Waals surface area (Å²) in [6.07, 6.45) is -1.58. The van der Waals surface area contributed by atoms with Gasteiger partial charge < -0.3 is 20.7 Å². The van der Waals surface area contributed by atoms with E-state index in [1.807, 2.05) is 0 Å². The first-order valence-corrected chi connectivity index (χ1v) is 11.9. The van der Waals surface area contributed by atoms with Gasteiger partial charge in [0.05, 0.1) is 0 Å². The van der Waals surface area contributed by atoms with Gasteiger partial charge in [0.2, 0.25) is 0 Å². The highest BCUT2D eigenvalue weighted by Gasteiger charge is 2.33. The summed E-state index contributed by atoms with van der Waals surface area (Å²) in [7, 11) is 0. The van der Waals surface area contributed by atoms with E-state index < -0.39 is 23.9 Å². The summed E-state index contributed by atoms with van der Waals surface area (Å²) < 4.78 is 45.2. The van der Waals surface area contributed by atoms with Gasteiger partial charge in [-0.05, 0) is 61.1 Å². The summed E-state index contributed by atoms with van der Waals surface area (Å²) in [6.45, 7) is 0.548. The lowest BCUT2D eigenvalue weighted by molar-refractivity contribution is -0.141. The second-order valence-electron chi connectivity index (χ2n) is 8.96.